The van der Waals surface area contributed by atoms with Crippen molar-refractivity contribution in [3.63, 3.8) is 0 Å². The van der Waals surface area contributed by atoms with Crippen molar-refractivity contribution in [3.05, 3.63) is 71.8 Å². The molecular weight excluding hydrogens is 944 g/mol. The molecule has 0 aliphatic carbocycles. The van der Waals surface area contributed by atoms with Crippen LogP contribution in [-0.4, -0.2) is 22.4 Å². The molecule has 0 fully saturated rings. The molecule has 0 saturated carbocycles. The maximum atomic E-state index is 15.2. The van der Waals surface area contributed by atoms with Crippen molar-refractivity contribution < 1.29 is 8.42 Å². The summed E-state index contributed by atoms with van der Waals surface area (Å²) in [5.74, 6) is 0. The number of hydrogen-bond donors (Lipinski definition) is 0. The molecule has 172 valence electrons. The summed E-state index contributed by atoms with van der Waals surface area (Å²) in [4.78, 5) is 0. The summed E-state index contributed by atoms with van der Waals surface area (Å²) in [5.41, 5.74) is 1.21. The van der Waals surface area contributed by atoms with Gasteiger partial charge in [-0.1, -0.05) is 188 Å². The van der Waals surface area contributed by atoms with Crippen LogP contribution in [-0.2, 0) is 19.3 Å². The maximum absolute atomic E-state index is 15.2. The number of hydrogen-bond acceptors (Lipinski definition) is 2. The minimum atomic E-state index is -4.18. The lowest BCUT2D eigenvalue weighted by Crippen LogP contribution is -2.64. The molecule has 0 radical (unpaired) electrons. The van der Waals surface area contributed by atoms with E-state index in [0.29, 0.717) is 11.1 Å². The summed E-state index contributed by atoms with van der Waals surface area (Å²) in [6, 6.07) is 18.3. The maximum Gasteiger partial charge on any atom is 0.178 e. The number of sulfone groups is 1. The third-order valence-corrected chi connectivity index (χ3v) is 16.1. The highest BCUT2D eigenvalue weighted by atomic mass is 79.9. The van der Waals surface area contributed by atoms with Crippen LogP contribution in [0.3, 0.4) is 0 Å². The lowest BCUT2D eigenvalue weighted by molar-refractivity contribution is 0.475. The van der Waals surface area contributed by atoms with Crippen molar-refractivity contribution in [2.24, 2.45) is 0 Å². The van der Waals surface area contributed by atoms with E-state index in [4.69, 9.17) is 0 Å². The van der Waals surface area contributed by atoms with E-state index in [9.17, 15) is 0 Å². The molecule has 0 aliphatic rings. The third kappa shape index (κ3) is 4.81. The highest BCUT2D eigenvalue weighted by molar-refractivity contribution is 9.27. The fourth-order valence-electron chi connectivity index (χ4n) is 3.78. The van der Waals surface area contributed by atoms with Gasteiger partial charge in [-0.25, -0.2) is 8.42 Å². The highest BCUT2D eigenvalue weighted by Gasteiger charge is 2.72. The molecular formula is C20H18Br8O2S. The van der Waals surface area contributed by atoms with Crippen molar-refractivity contribution in [2.75, 3.05) is 0 Å². The molecule has 0 saturated heterocycles. The van der Waals surface area contributed by atoms with E-state index in [2.05, 4.69) is 127 Å². The van der Waals surface area contributed by atoms with Crippen LogP contribution in [0.15, 0.2) is 60.7 Å². The van der Waals surface area contributed by atoms with Gasteiger partial charge >= 0.3 is 0 Å². The van der Waals surface area contributed by atoms with E-state index in [1.54, 1.807) is 13.8 Å². The first kappa shape index (κ1) is 29.5. The molecule has 2 rings (SSSR count). The van der Waals surface area contributed by atoms with Crippen molar-refractivity contribution in [3.8, 4) is 0 Å². The lowest BCUT2D eigenvalue weighted by atomic mass is 9.96. The second-order valence-electron chi connectivity index (χ2n) is 7.08. The number of halogens is 8. The summed E-state index contributed by atoms with van der Waals surface area (Å²) in [6.45, 7) is 3.58. The molecule has 0 heterocycles. The molecule has 0 aliphatic heterocycles. The van der Waals surface area contributed by atoms with Gasteiger partial charge in [0.15, 0.2) is 9.84 Å². The third-order valence-electron chi connectivity index (χ3n) is 5.17. The Balaban J connectivity index is 3.19. The largest absolute Gasteiger partial charge is 0.227 e. The molecule has 11 heteroatoms. The number of alkyl halides is 8. The van der Waals surface area contributed by atoms with Crippen LogP contribution in [0.5, 0.6) is 0 Å². The van der Waals surface area contributed by atoms with Gasteiger partial charge in [0.25, 0.3) is 0 Å². The number of benzene rings is 2. The van der Waals surface area contributed by atoms with Crippen LogP contribution >= 0.6 is 127 Å². The van der Waals surface area contributed by atoms with Crippen molar-refractivity contribution in [1.29, 1.82) is 0 Å². The summed E-state index contributed by atoms with van der Waals surface area (Å²) >= 11 is 29.1. The molecule has 2 nitrogen and oxygen atoms in total. The van der Waals surface area contributed by atoms with E-state index in [1.807, 2.05) is 60.7 Å². The SMILES string of the molecule is CC(Br)(Br)C(c1ccccc1)(C(Br)Br)S(=O)(=O)C(c1ccccc1)(C(Br)Br)C(C)(Br)Br. The van der Waals surface area contributed by atoms with Crippen LogP contribution in [0.2, 0.25) is 0 Å². The van der Waals surface area contributed by atoms with Crippen molar-refractivity contribution >= 4 is 137 Å². The zero-order chi connectivity index (χ0) is 23.9. The summed E-state index contributed by atoms with van der Waals surface area (Å²) in [7, 11) is -4.18. The van der Waals surface area contributed by atoms with E-state index in [-0.39, 0.29) is 0 Å². The number of rotatable bonds is 8. The topological polar surface area (TPSA) is 34.1 Å². The van der Waals surface area contributed by atoms with Gasteiger partial charge in [0.1, 0.15) is 16.0 Å². The van der Waals surface area contributed by atoms with Gasteiger partial charge in [-0.05, 0) is 25.0 Å². The monoisotopic (exact) mass is 953 g/mol. The van der Waals surface area contributed by atoms with Crippen LogP contribution in [0, 0.1) is 0 Å². The van der Waals surface area contributed by atoms with Gasteiger partial charge in [-0.2, -0.15) is 0 Å². The minimum absolute atomic E-state index is 0.607. The summed E-state index contributed by atoms with van der Waals surface area (Å²) < 4.78 is 23.9. The van der Waals surface area contributed by atoms with Gasteiger partial charge in [0, 0.05) is 0 Å². The fourth-order valence-corrected chi connectivity index (χ4v) is 19.3. The predicted molar refractivity (Wildman–Crippen MR) is 161 cm³/mol. The second kappa shape index (κ2) is 10.7. The lowest BCUT2D eigenvalue weighted by Gasteiger charge is -2.53. The van der Waals surface area contributed by atoms with Gasteiger partial charge in [0.2, 0.25) is 0 Å². The first-order chi connectivity index (χ1) is 14.1. The average molecular weight is 962 g/mol. The molecule has 2 atom stereocenters. The first-order valence-electron chi connectivity index (χ1n) is 8.77. The Bertz CT molecular complexity index is 910. The van der Waals surface area contributed by atoms with Gasteiger partial charge < -0.3 is 0 Å². The van der Waals surface area contributed by atoms with Gasteiger partial charge in [-0.3, -0.25) is 0 Å². The van der Waals surface area contributed by atoms with Gasteiger partial charge in [0.05, 0.1) is 7.47 Å². The van der Waals surface area contributed by atoms with E-state index in [1.165, 1.54) is 0 Å². The zero-order valence-corrected chi connectivity index (χ0v) is 29.7. The van der Waals surface area contributed by atoms with E-state index < -0.39 is 33.3 Å². The zero-order valence-electron chi connectivity index (χ0n) is 16.2. The molecule has 0 spiro atoms. The Morgan fingerprint density at radius 2 is 0.871 bits per heavy atom. The molecule has 0 aromatic heterocycles. The standard InChI is InChI=1S/C20H18Br8O2S/c1-17(25,26)19(15(21)22,13-9-5-3-6-10-13)31(29,30)20(16(23)24,18(2,27)28)14-11-7-4-8-12-14/h3-12,15-16H,1-2H3. The first-order valence-corrected chi connectivity index (χ1v) is 17.1. The Hall–Kier alpha value is 2.23. The Morgan fingerprint density at radius 3 is 1.06 bits per heavy atom. The summed E-state index contributed by atoms with van der Waals surface area (Å²) in [5, 5.41) is 0. The van der Waals surface area contributed by atoms with E-state index >= 15 is 8.42 Å². The average Bonchev–Trinajstić information content (AvgIpc) is 2.60. The molecule has 31 heavy (non-hydrogen) atoms. The fraction of sp³-hybridized carbons (Fsp3) is 0.400. The Labute approximate surface area is 251 Å². The smallest absolute Gasteiger partial charge is 0.178 e. The van der Waals surface area contributed by atoms with Crippen LogP contribution < -0.4 is 0 Å². The quantitative estimate of drug-likeness (QED) is 0.248. The summed E-state index contributed by atoms with van der Waals surface area (Å²) in [6.07, 6.45) is 0. The predicted octanol–water partition coefficient (Wildman–Crippen LogP) is 9.44. The minimum Gasteiger partial charge on any atom is -0.227 e. The second-order valence-corrected chi connectivity index (χ2v) is 24.0. The molecule has 2 unspecified atom stereocenters. The van der Waals surface area contributed by atoms with Crippen molar-refractivity contribution in [1.82, 2.24) is 0 Å². The van der Waals surface area contributed by atoms with Crippen LogP contribution in [0.4, 0.5) is 0 Å². The molecule has 0 bridgehead atoms. The molecule has 0 amide bonds. The van der Waals surface area contributed by atoms with Gasteiger partial charge in [-0.15, -0.1) is 0 Å². The van der Waals surface area contributed by atoms with Crippen LogP contribution in [0.25, 0.3) is 0 Å². The molecule has 2 aromatic carbocycles. The Morgan fingerprint density at radius 1 is 0.613 bits per heavy atom. The van der Waals surface area contributed by atoms with E-state index in [0.717, 1.165) is 0 Å². The normalized spacial score (nSPS) is 17.4. The van der Waals surface area contributed by atoms with Crippen molar-refractivity contribution in [2.45, 2.75) is 37.3 Å². The highest BCUT2D eigenvalue weighted by Crippen LogP contribution is 2.66. The van der Waals surface area contributed by atoms with Crippen LogP contribution in [0.1, 0.15) is 25.0 Å². The Kier molecular flexibility index (Phi) is 10.2. The molecule has 0 N–H and O–H groups in total. The molecule has 2 aromatic rings.